The van der Waals surface area contributed by atoms with Gasteiger partial charge in [-0.15, -0.1) is 0 Å². The normalized spacial score (nSPS) is 28.7. The number of hydrogen-bond donors (Lipinski definition) is 6. The number of rotatable bonds is 11. The lowest BCUT2D eigenvalue weighted by Gasteiger charge is -2.41. The zero-order valence-corrected chi connectivity index (χ0v) is 54.4. The molecule has 2 amide bonds. The maximum absolute atomic E-state index is 16.5. The molecule has 3 aromatic carbocycles. The van der Waals surface area contributed by atoms with Gasteiger partial charge in [-0.3, -0.25) is 29.2 Å². The van der Waals surface area contributed by atoms with Crippen molar-refractivity contribution < 1.29 is 77.6 Å². The van der Waals surface area contributed by atoms with E-state index in [2.05, 4.69) is 29.2 Å². The molecule has 6 heterocycles. The Morgan fingerprint density at radius 2 is 1.62 bits per heavy atom. The number of hydrogen-bond acceptors (Lipinski definition) is 20. The minimum absolute atomic E-state index is 0.0504. The van der Waals surface area contributed by atoms with Crippen molar-refractivity contribution >= 4 is 62.5 Å². The monoisotopic (exact) mass is 1280 g/mol. The molecule has 2 saturated heterocycles. The molecule has 1 saturated carbocycles. The van der Waals surface area contributed by atoms with Crippen molar-refractivity contribution in [2.75, 3.05) is 70.3 Å². The molecule has 25 heteroatoms. The number of anilines is 2. The minimum atomic E-state index is -1.98. The summed E-state index contributed by atoms with van der Waals surface area (Å²) in [6.45, 7) is 20.7. The van der Waals surface area contributed by atoms with E-state index < -0.39 is 124 Å². The van der Waals surface area contributed by atoms with E-state index in [-0.39, 0.29) is 103 Å². The first kappa shape index (κ1) is 66.8. The number of oxime groups is 1. The van der Waals surface area contributed by atoms with Gasteiger partial charge in [0.2, 0.25) is 5.43 Å². The summed E-state index contributed by atoms with van der Waals surface area (Å²) in [5.41, 5.74) is -1.77. The number of nitrogens with zero attached hydrogens (tertiary/aromatic N) is 7. The number of carboxylic acid groups (broad SMARTS) is 1. The predicted molar refractivity (Wildman–Crippen MR) is 339 cm³/mol. The Balaban J connectivity index is 1.07. The number of aromatic hydroxyl groups is 2. The Labute approximate surface area is 532 Å². The van der Waals surface area contributed by atoms with Crippen molar-refractivity contribution in [2.45, 2.75) is 150 Å². The number of methoxy groups -OCH3 is 2. The third-order valence-electron chi connectivity index (χ3n) is 19.1. The second kappa shape index (κ2) is 26.1. The van der Waals surface area contributed by atoms with Gasteiger partial charge >= 0.3 is 11.9 Å². The summed E-state index contributed by atoms with van der Waals surface area (Å²) in [7, 11) is 2.81. The number of likely N-dealkylation sites (tertiary alicyclic amines) is 1. The molecule has 6 aliphatic rings. The van der Waals surface area contributed by atoms with Gasteiger partial charge in [0.05, 0.1) is 58.9 Å². The highest BCUT2D eigenvalue weighted by Crippen LogP contribution is 2.51. The molecule has 496 valence electrons. The van der Waals surface area contributed by atoms with Crippen molar-refractivity contribution in [3.8, 4) is 23.0 Å². The number of fused-ring (bicyclic) bond motifs is 5. The molecular formula is C67H85FN8O16. The van der Waals surface area contributed by atoms with Crippen molar-refractivity contribution in [1.82, 2.24) is 14.4 Å². The molecule has 1 spiro atoms. The van der Waals surface area contributed by atoms with Crippen LogP contribution in [0.3, 0.4) is 0 Å². The number of amides is 2. The zero-order valence-electron chi connectivity index (χ0n) is 54.4. The van der Waals surface area contributed by atoms with Gasteiger partial charge in [-0.05, 0) is 51.7 Å². The lowest BCUT2D eigenvalue weighted by atomic mass is 9.78. The number of piperidine rings is 1. The highest BCUT2D eigenvalue weighted by molar-refractivity contribution is 6.21. The van der Waals surface area contributed by atoms with E-state index >= 15 is 4.39 Å². The third kappa shape index (κ3) is 12.4. The molecule has 1 aromatic heterocycles. The molecule has 24 nitrogen and oxygen atoms in total. The van der Waals surface area contributed by atoms with Gasteiger partial charge in [0.15, 0.2) is 35.3 Å². The van der Waals surface area contributed by atoms with Crippen LogP contribution in [0.2, 0.25) is 0 Å². The van der Waals surface area contributed by atoms with E-state index in [0.29, 0.717) is 31.8 Å². The van der Waals surface area contributed by atoms with Crippen molar-refractivity contribution in [3.05, 3.63) is 91.8 Å². The molecule has 10 rings (SSSR count). The number of ether oxygens (including phenoxy) is 5. The van der Waals surface area contributed by atoms with Crippen LogP contribution in [0, 0.1) is 42.3 Å². The number of aliphatic hydroxyl groups excluding tert-OH is 2. The summed E-state index contributed by atoms with van der Waals surface area (Å²) in [6, 6.07) is 0.362. The lowest BCUT2D eigenvalue weighted by molar-refractivity contribution is -0.160. The number of nitrogens with one attached hydrogen (secondary N) is 1. The van der Waals surface area contributed by atoms with E-state index in [1.54, 1.807) is 87.1 Å². The lowest BCUT2D eigenvalue weighted by Crippen LogP contribution is -2.55. The molecular weight excluding hydrogens is 1190 g/mol. The fraction of sp³-hybridized carbons (Fsp3) is 0.552. The SMILES string of the molecule is COc1c(N2CCN(C(=O)CO/N=C3\c4c5c(C)c(O)c6c(O)c(c7c(c46)=NC4(CCN(CC(C)C)CC4)N=7)NC(=O)/C(C)=C\C=C\[C@H](C)[C@H](O)[C@@H](C)[C@@H](O)[C@@H](C)[C@H](OC(C)=O)[C@H](C)[C@@H](OC)/C=C/O[C@@]3(C)O5)C(C)C2)c(F)cc2c(=O)c(C(=O)O)cn(C3CC3)c12. The van der Waals surface area contributed by atoms with Crippen LogP contribution in [0.15, 0.2) is 68.3 Å². The summed E-state index contributed by atoms with van der Waals surface area (Å²) < 4.78 is 49.3. The molecule has 5 aliphatic heterocycles. The zero-order chi connectivity index (χ0) is 66.7. The summed E-state index contributed by atoms with van der Waals surface area (Å²) in [6.07, 6.45) is 7.28. The first-order valence-corrected chi connectivity index (χ1v) is 31.5. The number of piperazine rings is 1. The first-order valence-electron chi connectivity index (χ1n) is 31.5. The standard InChI is InChI=1S/C67H85FN8O16/c1-32(2)28-73-22-20-67(21-23-73)70-50-47-48-57(81)39(9)61-49(47)63(72-90-31-46(78)75-25-24-74(29-35(75)5)54-44(68)27-42-53(62(54)88-13)76(41-17-18-41)30-43(58(42)82)65(85)86)66(11,92-61)89-26-19-45(87-12)36(6)60(91-40(10)77)38(8)56(80)37(7)55(79)33(3)15-14-16-34(4)64(84)69-52(59(48)83)51(50)71-67/h14-16,19,26-27,30,32-33,35-38,41,45,55-56,60,79-81,83H,17-18,20-25,28-29,31H2,1-13H3,(H,69,84)(H,85,86)/b15-14+,26-19+,34-16-,72-63+/t33-,35?,36+,37+,38+,45-,55-,56+,60+,66-/m0/s1. The van der Waals surface area contributed by atoms with Crippen LogP contribution in [0.4, 0.5) is 15.8 Å². The Morgan fingerprint density at radius 1 is 0.924 bits per heavy atom. The average Bonchev–Trinajstić information content (AvgIpc) is 1.49. The maximum atomic E-state index is 16.5. The van der Waals surface area contributed by atoms with Gasteiger partial charge in [-0.1, -0.05) is 64.9 Å². The van der Waals surface area contributed by atoms with Crippen LogP contribution in [0.1, 0.15) is 122 Å². The molecule has 1 aliphatic carbocycles. The van der Waals surface area contributed by atoms with Crippen LogP contribution in [0.5, 0.6) is 23.0 Å². The molecule has 0 radical (unpaired) electrons. The third-order valence-corrected chi connectivity index (χ3v) is 19.1. The van der Waals surface area contributed by atoms with Gasteiger partial charge < -0.3 is 78.6 Å². The molecule has 1 unspecified atom stereocenters. The number of carbonyl (C=O) groups excluding carboxylic acids is 3. The van der Waals surface area contributed by atoms with Crippen molar-refractivity contribution in [2.24, 2.45) is 44.7 Å². The second-order valence-corrected chi connectivity index (χ2v) is 26.2. The number of carboxylic acids is 1. The number of aromatic nitrogens is 1. The Kier molecular flexibility index (Phi) is 18.9. The fourth-order valence-corrected chi connectivity index (χ4v) is 13.8. The number of aromatic carboxylic acids is 1. The van der Waals surface area contributed by atoms with E-state index in [1.165, 1.54) is 40.5 Å². The number of phenolic OH excluding ortho intramolecular Hbond substituents is 2. The molecule has 6 N–H and O–H groups in total. The molecule has 10 atom stereocenters. The molecule has 92 heavy (non-hydrogen) atoms. The quantitative estimate of drug-likeness (QED) is 0.0529. The second-order valence-electron chi connectivity index (χ2n) is 26.2. The maximum Gasteiger partial charge on any atom is 0.341 e. The number of allylic oxidation sites excluding steroid dienone is 2. The summed E-state index contributed by atoms with van der Waals surface area (Å²) in [4.78, 5) is 89.6. The van der Waals surface area contributed by atoms with E-state index in [4.69, 9.17) is 38.5 Å². The number of esters is 1. The minimum Gasteiger partial charge on any atom is -0.507 e. The number of phenols is 2. The van der Waals surface area contributed by atoms with Crippen LogP contribution < -0.4 is 35.8 Å². The van der Waals surface area contributed by atoms with E-state index in [0.717, 1.165) is 25.5 Å². The topological polar surface area (TPSA) is 306 Å². The smallest absolute Gasteiger partial charge is 0.341 e. The van der Waals surface area contributed by atoms with Gasteiger partial charge in [0.1, 0.15) is 39.9 Å². The van der Waals surface area contributed by atoms with Crippen LogP contribution in [-0.2, 0) is 33.4 Å². The van der Waals surface area contributed by atoms with Crippen LogP contribution in [0.25, 0.3) is 21.7 Å². The van der Waals surface area contributed by atoms with Gasteiger partial charge in [-0.25, -0.2) is 9.18 Å². The molecule has 3 fully saturated rings. The highest BCUT2D eigenvalue weighted by atomic mass is 19.1. The number of halogens is 1. The number of aliphatic hydroxyl groups is 2. The Bertz CT molecular complexity index is 3950. The number of benzene rings is 3. The largest absolute Gasteiger partial charge is 0.507 e. The van der Waals surface area contributed by atoms with Gasteiger partial charge in [0, 0.05) is 132 Å². The Hall–Kier alpha value is -8.13. The first-order chi connectivity index (χ1) is 43.5. The van der Waals surface area contributed by atoms with Gasteiger partial charge in [-0.2, -0.15) is 0 Å². The highest BCUT2D eigenvalue weighted by Gasteiger charge is 2.50. The van der Waals surface area contributed by atoms with E-state index in [1.807, 2.05) is 0 Å². The van der Waals surface area contributed by atoms with Crippen LogP contribution >= 0.6 is 0 Å². The number of carbonyl (C=O) groups is 4. The molecule has 5 bridgehead atoms. The average molecular weight is 1280 g/mol. The predicted octanol–water partition coefficient (Wildman–Crippen LogP) is 6.52. The summed E-state index contributed by atoms with van der Waals surface area (Å²) in [5.74, 6) is -9.11. The van der Waals surface area contributed by atoms with Crippen molar-refractivity contribution in [1.29, 1.82) is 0 Å². The van der Waals surface area contributed by atoms with Crippen molar-refractivity contribution in [3.63, 3.8) is 0 Å². The number of pyridine rings is 1. The fourth-order valence-electron chi connectivity index (χ4n) is 13.8. The summed E-state index contributed by atoms with van der Waals surface area (Å²) >= 11 is 0. The summed E-state index contributed by atoms with van der Waals surface area (Å²) in [5, 5.41) is 66.3. The van der Waals surface area contributed by atoms with Gasteiger partial charge in [0.25, 0.3) is 17.6 Å². The van der Waals surface area contributed by atoms with E-state index in [9.17, 15) is 49.5 Å². The Morgan fingerprint density at radius 3 is 2.25 bits per heavy atom. The van der Waals surface area contributed by atoms with Crippen LogP contribution in [-0.4, -0.2) is 171 Å². The molecule has 4 aromatic rings.